The summed E-state index contributed by atoms with van der Waals surface area (Å²) < 4.78 is 58.5. The molecule has 0 bridgehead atoms. The predicted octanol–water partition coefficient (Wildman–Crippen LogP) is 4.39. The lowest BCUT2D eigenvalue weighted by molar-refractivity contribution is 0.175. The molecule has 0 saturated carbocycles. The highest BCUT2D eigenvalue weighted by atomic mass is 127. The first-order chi connectivity index (χ1) is 14.2. The molecule has 3 rings (SSSR count). The van der Waals surface area contributed by atoms with Gasteiger partial charge in [0.25, 0.3) is 0 Å². The molecule has 2 aromatic carbocycles. The van der Waals surface area contributed by atoms with Crippen LogP contribution in [-0.4, -0.2) is 50.3 Å². The summed E-state index contributed by atoms with van der Waals surface area (Å²) >= 11 is 1.99. The molecule has 0 aliphatic carbocycles. The molecule has 10 heteroatoms. The number of anilines is 3. The van der Waals surface area contributed by atoms with Gasteiger partial charge in [0.15, 0.2) is 0 Å². The minimum absolute atomic E-state index is 0.130. The van der Waals surface area contributed by atoms with Crippen molar-refractivity contribution in [1.82, 2.24) is 9.21 Å². The lowest BCUT2D eigenvalue weighted by Crippen LogP contribution is -2.47. The van der Waals surface area contributed by atoms with Crippen molar-refractivity contribution < 1.29 is 17.2 Å². The average molecular weight is 550 g/mol. The van der Waals surface area contributed by atoms with Crippen molar-refractivity contribution >= 4 is 49.9 Å². The molecule has 2 aromatic rings. The summed E-state index contributed by atoms with van der Waals surface area (Å²) in [5, 5.41) is 2.79. The molecule has 1 fully saturated rings. The van der Waals surface area contributed by atoms with Gasteiger partial charge in [-0.25, -0.2) is 8.78 Å². The van der Waals surface area contributed by atoms with Gasteiger partial charge in [-0.05, 0) is 85.4 Å². The number of hydrogen-bond donors (Lipinski definition) is 2. The van der Waals surface area contributed by atoms with E-state index in [4.69, 9.17) is 0 Å². The molecule has 0 amide bonds. The third kappa shape index (κ3) is 5.59. The maximum absolute atomic E-state index is 14.2. The number of benzene rings is 2. The van der Waals surface area contributed by atoms with E-state index in [0.717, 1.165) is 31.5 Å². The maximum Gasteiger partial charge on any atom is 0.301 e. The van der Waals surface area contributed by atoms with Gasteiger partial charge in [-0.1, -0.05) is 6.92 Å². The zero-order valence-corrected chi connectivity index (χ0v) is 19.8. The Kier molecular flexibility index (Phi) is 7.53. The minimum atomic E-state index is -3.83. The van der Waals surface area contributed by atoms with E-state index >= 15 is 0 Å². The van der Waals surface area contributed by atoms with Crippen LogP contribution in [0.15, 0.2) is 36.4 Å². The van der Waals surface area contributed by atoms with Crippen molar-refractivity contribution in [1.29, 1.82) is 0 Å². The van der Waals surface area contributed by atoms with Crippen LogP contribution in [0.25, 0.3) is 0 Å². The molecule has 1 saturated heterocycles. The van der Waals surface area contributed by atoms with Crippen molar-refractivity contribution in [3.8, 4) is 0 Å². The first kappa shape index (κ1) is 23.2. The molecule has 1 heterocycles. The molecule has 6 nitrogen and oxygen atoms in total. The van der Waals surface area contributed by atoms with E-state index in [0.29, 0.717) is 22.7 Å². The highest BCUT2D eigenvalue weighted by molar-refractivity contribution is 14.1. The van der Waals surface area contributed by atoms with E-state index in [-0.39, 0.29) is 17.1 Å². The fourth-order valence-corrected chi connectivity index (χ4v) is 5.16. The van der Waals surface area contributed by atoms with Gasteiger partial charge in [0.05, 0.1) is 17.1 Å². The van der Waals surface area contributed by atoms with Crippen LogP contribution < -0.4 is 10.0 Å². The summed E-state index contributed by atoms with van der Waals surface area (Å²) in [6.07, 6.45) is 1.49. The normalized spacial score (nSPS) is 16.1. The number of halogens is 3. The molecule has 1 aliphatic heterocycles. The highest BCUT2D eigenvalue weighted by Crippen LogP contribution is 2.30. The Bertz CT molecular complexity index is 998. The van der Waals surface area contributed by atoms with Gasteiger partial charge in [0.2, 0.25) is 0 Å². The molecule has 0 aromatic heterocycles. The quantitative estimate of drug-likeness (QED) is 0.503. The van der Waals surface area contributed by atoms with Crippen molar-refractivity contribution in [2.24, 2.45) is 0 Å². The third-order valence-electron chi connectivity index (χ3n) is 5.31. The van der Waals surface area contributed by atoms with Gasteiger partial charge in [-0.15, -0.1) is 0 Å². The van der Waals surface area contributed by atoms with Gasteiger partial charge in [-0.3, -0.25) is 4.72 Å². The van der Waals surface area contributed by atoms with Gasteiger partial charge in [0, 0.05) is 22.7 Å². The predicted molar refractivity (Wildman–Crippen MR) is 124 cm³/mol. The molecule has 0 atom stereocenters. The molecule has 0 unspecified atom stereocenters. The van der Waals surface area contributed by atoms with Crippen molar-refractivity contribution in [3.63, 3.8) is 0 Å². The molecule has 0 radical (unpaired) electrons. The molecule has 0 spiro atoms. The lowest BCUT2D eigenvalue weighted by Gasteiger charge is -2.35. The Morgan fingerprint density at radius 2 is 1.77 bits per heavy atom. The monoisotopic (exact) mass is 550 g/mol. The zero-order chi connectivity index (χ0) is 21.9. The van der Waals surface area contributed by atoms with Crippen LogP contribution in [-0.2, 0) is 10.2 Å². The van der Waals surface area contributed by atoms with Gasteiger partial charge >= 0.3 is 10.2 Å². The topological polar surface area (TPSA) is 64.7 Å². The molecular weight excluding hydrogens is 525 g/mol. The van der Waals surface area contributed by atoms with Crippen LogP contribution in [0.3, 0.4) is 0 Å². The summed E-state index contributed by atoms with van der Waals surface area (Å²) in [7, 11) is -1.79. The SMILES string of the molecule is CCN(C)C1CCN(S(=O)(=O)Nc2ccc(F)cc2Nc2ccc(I)cc2F)CC1. The van der Waals surface area contributed by atoms with E-state index in [2.05, 4.69) is 21.9 Å². The zero-order valence-electron chi connectivity index (χ0n) is 16.8. The first-order valence-corrected chi connectivity index (χ1v) is 12.2. The number of rotatable bonds is 7. The summed E-state index contributed by atoms with van der Waals surface area (Å²) in [6, 6.07) is 8.55. The van der Waals surface area contributed by atoms with E-state index in [1.54, 1.807) is 6.07 Å². The fourth-order valence-electron chi connectivity index (χ4n) is 3.43. The molecule has 1 aliphatic rings. The van der Waals surface area contributed by atoms with Crippen molar-refractivity contribution in [2.75, 3.05) is 36.7 Å². The van der Waals surface area contributed by atoms with Crippen LogP contribution in [0.5, 0.6) is 0 Å². The minimum Gasteiger partial charge on any atom is -0.351 e. The molecular formula is C20H25F2IN4O2S. The van der Waals surface area contributed by atoms with Gasteiger partial charge < -0.3 is 10.2 Å². The van der Waals surface area contributed by atoms with E-state index < -0.39 is 21.8 Å². The fraction of sp³-hybridized carbons (Fsp3) is 0.400. The van der Waals surface area contributed by atoms with Crippen LogP contribution in [0.4, 0.5) is 25.8 Å². The summed E-state index contributed by atoms with van der Waals surface area (Å²) in [5.41, 5.74) is 0.423. The second kappa shape index (κ2) is 9.75. The van der Waals surface area contributed by atoms with Gasteiger partial charge in [-0.2, -0.15) is 12.7 Å². The first-order valence-electron chi connectivity index (χ1n) is 9.69. The number of piperidine rings is 1. The van der Waals surface area contributed by atoms with Crippen LogP contribution in [0, 0.1) is 15.2 Å². The second-order valence-electron chi connectivity index (χ2n) is 7.25. The lowest BCUT2D eigenvalue weighted by atomic mass is 10.1. The maximum atomic E-state index is 14.2. The average Bonchev–Trinajstić information content (AvgIpc) is 2.71. The van der Waals surface area contributed by atoms with Crippen molar-refractivity contribution in [3.05, 3.63) is 51.6 Å². The Morgan fingerprint density at radius 3 is 2.40 bits per heavy atom. The summed E-state index contributed by atoms with van der Waals surface area (Å²) in [4.78, 5) is 2.22. The molecule has 2 N–H and O–H groups in total. The third-order valence-corrected chi connectivity index (χ3v) is 7.50. The summed E-state index contributed by atoms with van der Waals surface area (Å²) in [6.45, 7) is 3.79. The number of nitrogens with zero attached hydrogens (tertiary/aromatic N) is 2. The Hall–Kier alpha value is -1.50. The largest absolute Gasteiger partial charge is 0.351 e. The van der Waals surface area contributed by atoms with E-state index in [1.807, 2.05) is 29.6 Å². The van der Waals surface area contributed by atoms with Crippen molar-refractivity contribution in [2.45, 2.75) is 25.8 Å². The van der Waals surface area contributed by atoms with E-state index in [1.165, 1.54) is 22.5 Å². The van der Waals surface area contributed by atoms with Crippen LogP contribution in [0.1, 0.15) is 19.8 Å². The Balaban J connectivity index is 1.77. The Labute approximate surface area is 190 Å². The highest BCUT2D eigenvalue weighted by Gasteiger charge is 2.29. The Morgan fingerprint density at radius 1 is 1.10 bits per heavy atom. The molecule has 30 heavy (non-hydrogen) atoms. The second-order valence-corrected chi connectivity index (χ2v) is 10.2. The van der Waals surface area contributed by atoms with Gasteiger partial charge in [0.1, 0.15) is 11.6 Å². The van der Waals surface area contributed by atoms with Crippen LogP contribution in [0.2, 0.25) is 0 Å². The smallest absolute Gasteiger partial charge is 0.301 e. The number of hydrogen-bond acceptors (Lipinski definition) is 4. The number of nitrogens with one attached hydrogen (secondary N) is 2. The summed E-state index contributed by atoms with van der Waals surface area (Å²) in [5.74, 6) is -1.07. The van der Waals surface area contributed by atoms with E-state index in [9.17, 15) is 17.2 Å². The molecule has 164 valence electrons. The van der Waals surface area contributed by atoms with Crippen LogP contribution >= 0.6 is 22.6 Å². The standard InChI is InChI=1S/C20H25F2IN4O2S/c1-3-26(2)16-8-10-27(11-9-16)30(28,29)25-19-6-4-14(21)12-20(19)24-18-7-5-15(23)13-17(18)22/h4-7,12-13,16,24-25H,3,8-11H2,1-2H3.